The lowest BCUT2D eigenvalue weighted by Gasteiger charge is -2.19. The Labute approximate surface area is 142 Å². The third kappa shape index (κ3) is 4.73. The Balaban J connectivity index is 1.96. The molecular weight excluding hydrogens is 306 g/mol. The number of hydrogen-bond acceptors (Lipinski definition) is 4. The Bertz CT molecular complexity index is 672. The molecule has 0 heterocycles. The smallest absolute Gasteiger partial charge is 0.224 e. The van der Waals surface area contributed by atoms with Crippen molar-refractivity contribution in [2.24, 2.45) is 0 Å². The highest BCUT2D eigenvalue weighted by atomic mass is 16.5. The van der Waals surface area contributed by atoms with E-state index in [1.54, 1.807) is 21.3 Å². The van der Waals surface area contributed by atoms with Gasteiger partial charge in [0.05, 0.1) is 20.6 Å². The van der Waals surface area contributed by atoms with Crippen molar-refractivity contribution in [1.82, 2.24) is 5.32 Å². The third-order valence-corrected chi connectivity index (χ3v) is 3.75. The summed E-state index contributed by atoms with van der Waals surface area (Å²) < 4.78 is 16.0. The Kier molecular flexibility index (Phi) is 6.63. The number of rotatable bonds is 8. The summed E-state index contributed by atoms with van der Waals surface area (Å²) in [7, 11) is 4.84. The quantitative estimate of drug-likeness (QED) is 0.809. The van der Waals surface area contributed by atoms with E-state index in [2.05, 4.69) is 5.32 Å². The van der Waals surface area contributed by atoms with Crippen molar-refractivity contribution in [3.8, 4) is 11.5 Å². The molecule has 2 rings (SSSR count). The fourth-order valence-electron chi connectivity index (χ4n) is 2.49. The minimum absolute atomic E-state index is 0.0693. The van der Waals surface area contributed by atoms with E-state index in [0.29, 0.717) is 13.0 Å². The second-order valence-electron chi connectivity index (χ2n) is 5.30. The minimum Gasteiger partial charge on any atom is -0.497 e. The molecule has 0 aromatic heterocycles. The van der Waals surface area contributed by atoms with Crippen LogP contribution >= 0.6 is 0 Å². The SMILES string of the molecule is COc1cccc(CC(=O)NCC(OC)c2ccccc2OC)c1. The fraction of sp³-hybridized carbons (Fsp3) is 0.316. The molecule has 5 heteroatoms. The predicted molar refractivity (Wildman–Crippen MR) is 92.5 cm³/mol. The molecule has 1 atom stereocenters. The lowest BCUT2D eigenvalue weighted by Crippen LogP contribution is -2.30. The molecule has 24 heavy (non-hydrogen) atoms. The van der Waals surface area contributed by atoms with Crippen molar-refractivity contribution in [3.63, 3.8) is 0 Å². The molecule has 1 amide bonds. The minimum atomic E-state index is -0.268. The van der Waals surface area contributed by atoms with Crippen LogP contribution in [0.1, 0.15) is 17.2 Å². The van der Waals surface area contributed by atoms with E-state index in [9.17, 15) is 4.79 Å². The zero-order valence-electron chi connectivity index (χ0n) is 14.2. The molecule has 0 spiro atoms. The van der Waals surface area contributed by atoms with Gasteiger partial charge in [0.1, 0.15) is 17.6 Å². The molecule has 1 unspecified atom stereocenters. The number of carbonyl (C=O) groups excluding carboxylic acids is 1. The molecule has 2 aromatic carbocycles. The van der Waals surface area contributed by atoms with Gasteiger partial charge >= 0.3 is 0 Å². The molecule has 0 aliphatic rings. The topological polar surface area (TPSA) is 56.8 Å². The maximum absolute atomic E-state index is 12.2. The van der Waals surface area contributed by atoms with Crippen molar-refractivity contribution in [2.45, 2.75) is 12.5 Å². The van der Waals surface area contributed by atoms with Gasteiger partial charge in [0.25, 0.3) is 0 Å². The maximum atomic E-state index is 12.2. The van der Waals surface area contributed by atoms with Crippen LogP contribution in [0.4, 0.5) is 0 Å². The van der Waals surface area contributed by atoms with Gasteiger partial charge in [0.15, 0.2) is 0 Å². The van der Waals surface area contributed by atoms with E-state index < -0.39 is 0 Å². The van der Waals surface area contributed by atoms with Gasteiger partial charge < -0.3 is 19.5 Å². The van der Waals surface area contributed by atoms with E-state index >= 15 is 0 Å². The second-order valence-corrected chi connectivity index (χ2v) is 5.30. The van der Waals surface area contributed by atoms with Gasteiger partial charge in [-0.2, -0.15) is 0 Å². The Hall–Kier alpha value is -2.53. The van der Waals surface area contributed by atoms with E-state index in [1.807, 2.05) is 48.5 Å². The van der Waals surface area contributed by atoms with Crippen LogP contribution in [0.25, 0.3) is 0 Å². The zero-order chi connectivity index (χ0) is 17.4. The Morgan fingerprint density at radius 2 is 1.83 bits per heavy atom. The average Bonchev–Trinajstić information content (AvgIpc) is 2.62. The molecule has 0 bridgehead atoms. The molecule has 0 saturated carbocycles. The molecule has 1 N–H and O–H groups in total. The highest BCUT2D eigenvalue weighted by Gasteiger charge is 2.16. The molecular formula is C19H23NO4. The molecule has 0 fully saturated rings. The molecule has 0 saturated heterocycles. The number of hydrogen-bond donors (Lipinski definition) is 1. The van der Waals surface area contributed by atoms with Gasteiger partial charge in [-0.3, -0.25) is 4.79 Å². The number of ether oxygens (including phenoxy) is 3. The number of carbonyl (C=O) groups is 1. The molecule has 2 aromatic rings. The van der Waals surface area contributed by atoms with E-state index in [4.69, 9.17) is 14.2 Å². The van der Waals surface area contributed by atoms with Gasteiger partial charge in [-0.25, -0.2) is 0 Å². The summed E-state index contributed by atoms with van der Waals surface area (Å²) >= 11 is 0. The highest BCUT2D eigenvalue weighted by molar-refractivity contribution is 5.78. The molecule has 0 aliphatic heterocycles. The first-order valence-corrected chi connectivity index (χ1v) is 7.73. The van der Waals surface area contributed by atoms with Gasteiger partial charge in [-0.05, 0) is 23.8 Å². The van der Waals surface area contributed by atoms with E-state index in [1.165, 1.54) is 0 Å². The van der Waals surface area contributed by atoms with Crippen molar-refractivity contribution in [3.05, 3.63) is 59.7 Å². The van der Waals surface area contributed by atoms with Crippen molar-refractivity contribution in [1.29, 1.82) is 0 Å². The van der Waals surface area contributed by atoms with Crippen LogP contribution < -0.4 is 14.8 Å². The second kappa shape index (κ2) is 8.93. The molecule has 0 radical (unpaired) electrons. The van der Waals surface area contributed by atoms with Crippen LogP contribution in [0.5, 0.6) is 11.5 Å². The first-order chi connectivity index (χ1) is 11.7. The fourth-order valence-corrected chi connectivity index (χ4v) is 2.49. The lowest BCUT2D eigenvalue weighted by atomic mass is 10.1. The standard InChI is InChI=1S/C19H23NO4/c1-22-15-8-6-7-14(11-15)12-19(21)20-13-18(24-3)16-9-4-5-10-17(16)23-2/h4-11,18H,12-13H2,1-3H3,(H,20,21). The predicted octanol–water partition coefficient (Wildman–Crippen LogP) is 2.75. The summed E-state index contributed by atoms with van der Waals surface area (Å²) in [6, 6.07) is 15.1. The summed E-state index contributed by atoms with van der Waals surface area (Å²) in [4.78, 5) is 12.2. The third-order valence-electron chi connectivity index (χ3n) is 3.75. The highest BCUT2D eigenvalue weighted by Crippen LogP contribution is 2.26. The van der Waals surface area contributed by atoms with Gasteiger partial charge in [0, 0.05) is 19.2 Å². The first kappa shape index (κ1) is 17.8. The summed E-state index contributed by atoms with van der Waals surface area (Å²) in [5.41, 5.74) is 1.81. The molecule has 5 nitrogen and oxygen atoms in total. The average molecular weight is 329 g/mol. The molecule has 128 valence electrons. The van der Waals surface area contributed by atoms with Crippen LogP contribution in [-0.2, 0) is 16.0 Å². The Morgan fingerprint density at radius 1 is 1.04 bits per heavy atom. The number of nitrogens with one attached hydrogen (secondary N) is 1. The normalized spacial score (nSPS) is 11.6. The Morgan fingerprint density at radius 3 is 2.54 bits per heavy atom. The number of methoxy groups -OCH3 is 3. The molecule has 0 aliphatic carbocycles. The summed E-state index contributed by atoms with van der Waals surface area (Å²) in [6.07, 6.45) is 0.0231. The largest absolute Gasteiger partial charge is 0.497 e. The van der Waals surface area contributed by atoms with Crippen molar-refractivity contribution < 1.29 is 19.0 Å². The monoisotopic (exact) mass is 329 g/mol. The van der Waals surface area contributed by atoms with Crippen LogP contribution in [-0.4, -0.2) is 33.8 Å². The van der Waals surface area contributed by atoms with Gasteiger partial charge in [-0.15, -0.1) is 0 Å². The summed E-state index contributed by atoms with van der Waals surface area (Å²) in [6.45, 7) is 0.375. The van der Waals surface area contributed by atoms with E-state index in [-0.39, 0.29) is 12.0 Å². The first-order valence-electron chi connectivity index (χ1n) is 7.73. The summed E-state index contributed by atoms with van der Waals surface area (Å²) in [5, 5.41) is 2.91. The van der Waals surface area contributed by atoms with Crippen LogP contribution in [0.3, 0.4) is 0 Å². The summed E-state index contributed by atoms with van der Waals surface area (Å²) in [5.74, 6) is 1.41. The maximum Gasteiger partial charge on any atom is 0.224 e. The number of para-hydroxylation sites is 1. The van der Waals surface area contributed by atoms with E-state index in [0.717, 1.165) is 22.6 Å². The van der Waals surface area contributed by atoms with Crippen LogP contribution in [0.2, 0.25) is 0 Å². The van der Waals surface area contributed by atoms with Crippen LogP contribution in [0.15, 0.2) is 48.5 Å². The number of benzene rings is 2. The van der Waals surface area contributed by atoms with Crippen molar-refractivity contribution in [2.75, 3.05) is 27.9 Å². The van der Waals surface area contributed by atoms with Crippen LogP contribution in [0, 0.1) is 0 Å². The number of amides is 1. The lowest BCUT2D eigenvalue weighted by molar-refractivity contribution is -0.121. The van der Waals surface area contributed by atoms with Gasteiger partial charge in [-0.1, -0.05) is 30.3 Å². The van der Waals surface area contributed by atoms with Gasteiger partial charge in [0.2, 0.25) is 5.91 Å². The van der Waals surface area contributed by atoms with Crippen molar-refractivity contribution >= 4 is 5.91 Å². The zero-order valence-corrected chi connectivity index (χ0v) is 14.2.